The Balaban J connectivity index is 2.29. The third-order valence-electron chi connectivity index (χ3n) is 1.74. The van der Waals surface area contributed by atoms with Gasteiger partial charge in [-0.3, -0.25) is 0 Å². The molecule has 0 unspecified atom stereocenters. The molecule has 0 saturated heterocycles. The first kappa shape index (κ1) is 6.49. The second-order valence-corrected chi connectivity index (χ2v) is 2.49. The normalized spacial score (nSPS) is 16.5. The molecule has 0 amide bonds. The fourth-order valence-electron chi connectivity index (χ4n) is 1.16. The molecule has 0 atom stereocenters. The van der Waals surface area contributed by atoms with Crippen LogP contribution in [0.3, 0.4) is 0 Å². The maximum absolute atomic E-state index is 3.95. The lowest BCUT2D eigenvalue weighted by molar-refractivity contribution is 0.896. The van der Waals surface area contributed by atoms with E-state index in [1.165, 1.54) is 5.57 Å². The summed E-state index contributed by atoms with van der Waals surface area (Å²) in [7, 11) is 0. The molecule has 2 rings (SSSR count). The van der Waals surface area contributed by atoms with Crippen LogP contribution in [0.5, 0.6) is 0 Å². The van der Waals surface area contributed by atoms with Crippen molar-refractivity contribution in [2.45, 2.75) is 0 Å². The molecule has 0 saturated carbocycles. The summed E-state index contributed by atoms with van der Waals surface area (Å²) >= 11 is 0. The average molecular weight is 147 g/mol. The Bertz CT molecular complexity index is 266. The van der Waals surface area contributed by atoms with E-state index in [1.54, 1.807) is 6.33 Å². The third kappa shape index (κ3) is 1.28. The van der Waals surface area contributed by atoms with Gasteiger partial charge in [-0.1, -0.05) is 6.08 Å². The second-order valence-electron chi connectivity index (χ2n) is 2.49. The van der Waals surface area contributed by atoms with E-state index in [4.69, 9.17) is 0 Å². The lowest BCUT2D eigenvalue weighted by Crippen LogP contribution is -2.07. The van der Waals surface area contributed by atoms with Crippen molar-refractivity contribution in [1.29, 1.82) is 0 Å². The van der Waals surface area contributed by atoms with Crippen molar-refractivity contribution in [2.24, 2.45) is 0 Å². The molecule has 0 aromatic carbocycles. The molecule has 0 spiro atoms. The molecular formula is C8H9N3. The van der Waals surface area contributed by atoms with Gasteiger partial charge in [0, 0.05) is 31.0 Å². The first-order valence-electron chi connectivity index (χ1n) is 3.62. The predicted molar refractivity (Wildman–Crippen MR) is 42.9 cm³/mol. The highest BCUT2D eigenvalue weighted by molar-refractivity contribution is 5.67. The average Bonchev–Trinajstić information content (AvgIpc) is 2.58. The molecule has 0 aliphatic carbocycles. The van der Waals surface area contributed by atoms with Crippen LogP contribution in [-0.2, 0) is 0 Å². The Hall–Kier alpha value is -1.22. The van der Waals surface area contributed by atoms with Crippen molar-refractivity contribution in [3.05, 3.63) is 30.4 Å². The van der Waals surface area contributed by atoms with E-state index in [2.05, 4.69) is 21.4 Å². The van der Waals surface area contributed by atoms with Gasteiger partial charge in [-0.2, -0.15) is 0 Å². The highest BCUT2D eigenvalue weighted by Gasteiger charge is 2.05. The Morgan fingerprint density at radius 3 is 2.73 bits per heavy atom. The zero-order valence-corrected chi connectivity index (χ0v) is 6.12. The van der Waals surface area contributed by atoms with Crippen LogP contribution >= 0.6 is 0 Å². The van der Waals surface area contributed by atoms with Crippen molar-refractivity contribution in [3.8, 4) is 0 Å². The zero-order chi connectivity index (χ0) is 7.52. The summed E-state index contributed by atoms with van der Waals surface area (Å²) in [5.41, 5.74) is 2.42. The molecule has 1 N–H and O–H groups in total. The summed E-state index contributed by atoms with van der Waals surface area (Å²) in [6.07, 6.45) is 7.39. The molecule has 2 heterocycles. The first-order valence-corrected chi connectivity index (χ1v) is 3.62. The minimum Gasteiger partial charge on any atom is -0.309 e. The van der Waals surface area contributed by atoms with Crippen LogP contribution in [-0.4, -0.2) is 23.1 Å². The number of hydrogen-bond acceptors (Lipinski definition) is 3. The summed E-state index contributed by atoms with van der Waals surface area (Å²) < 4.78 is 0. The van der Waals surface area contributed by atoms with Gasteiger partial charge in [0.1, 0.15) is 6.33 Å². The molecule has 1 aliphatic rings. The van der Waals surface area contributed by atoms with Crippen LogP contribution in [0, 0.1) is 0 Å². The van der Waals surface area contributed by atoms with Crippen molar-refractivity contribution in [2.75, 3.05) is 13.1 Å². The SMILES string of the molecule is C1=C(c2cncnc2)CNC1. The summed E-state index contributed by atoms with van der Waals surface area (Å²) in [6, 6.07) is 0. The molecule has 1 aliphatic heterocycles. The largest absolute Gasteiger partial charge is 0.309 e. The van der Waals surface area contributed by atoms with E-state index in [0.29, 0.717) is 0 Å². The van der Waals surface area contributed by atoms with Gasteiger partial charge in [0.2, 0.25) is 0 Å². The number of aromatic nitrogens is 2. The standard InChI is InChI=1S/C8H9N3/c1-2-9-3-7(1)8-4-10-6-11-5-8/h1,4-6,9H,2-3H2. The van der Waals surface area contributed by atoms with Crippen LogP contribution in [0.25, 0.3) is 5.57 Å². The molecule has 0 radical (unpaired) electrons. The maximum Gasteiger partial charge on any atom is 0.115 e. The minimum absolute atomic E-state index is 0.938. The maximum atomic E-state index is 3.95. The van der Waals surface area contributed by atoms with E-state index >= 15 is 0 Å². The van der Waals surface area contributed by atoms with Gasteiger partial charge in [0.05, 0.1) is 0 Å². The number of nitrogens with one attached hydrogen (secondary N) is 1. The number of rotatable bonds is 1. The third-order valence-corrected chi connectivity index (χ3v) is 1.74. The monoisotopic (exact) mass is 147 g/mol. The van der Waals surface area contributed by atoms with Crippen LogP contribution in [0.1, 0.15) is 5.56 Å². The van der Waals surface area contributed by atoms with Gasteiger partial charge in [-0.25, -0.2) is 9.97 Å². The van der Waals surface area contributed by atoms with Crippen LogP contribution in [0.15, 0.2) is 24.8 Å². The molecule has 3 nitrogen and oxygen atoms in total. The highest BCUT2D eigenvalue weighted by atomic mass is 14.9. The van der Waals surface area contributed by atoms with Crippen molar-refractivity contribution in [1.82, 2.24) is 15.3 Å². The van der Waals surface area contributed by atoms with Crippen LogP contribution in [0.4, 0.5) is 0 Å². The Labute approximate surface area is 65.2 Å². The first-order chi connectivity index (χ1) is 5.47. The van der Waals surface area contributed by atoms with E-state index in [1.807, 2.05) is 12.4 Å². The summed E-state index contributed by atoms with van der Waals surface area (Å²) in [5, 5.41) is 3.22. The Morgan fingerprint density at radius 2 is 2.09 bits per heavy atom. The van der Waals surface area contributed by atoms with E-state index in [-0.39, 0.29) is 0 Å². The summed E-state index contributed by atoms with van der Waals surface area (Å²) in [5.74, 6) is 0. The van der Waals surface area contributed by atoms with Crippen LogP contribution in [0.2, 0.25) is 0 Å². The van der Waals surface area contributed by atoms with Crippen molar-refractivity contribution in [3.63, 3.8) is 0 Å². The smallest absolute Gasteiger partial charge is 0.115 e. The lowest BCUT2D eigenvalue weighted by Gasteiger charge is -1.97. The van der Waals surface area contributed by atoms with Gasteiger partial charge in [0.25, 0.3) is 0 Å². The molecule has 56 valence electrons. The molecule has 1 aromatic rings. The number of hydrogen-bond donors (Lipinski definition) is 1. The summed E-state index contributed by atoms with van der Waals surface area (Å²) in [6.45, 7) is 1.90. The zero-order valence-electron chi connectivity index (χ0n) is 6.12. The molecule has 0 bridgehead atoms. The van der Waals surface area contributed by atoms with E-state index < -0.39 is 0 Å². The van der Waals surface area contributed by atoms with E-state index in [0.717, 1.165) is 18.7 Å². The Kier molecular flexibility index (Phi) is 1.65. The minimum atomic E-state index is 0.938. The molecule has 1 aromatic heterocycles. The van der Waals surface area contributed by atoms with Gasteiger partial charge in [-0.15, -0.1) is 0 Å². The van der Waals surface area contributed by atoms with Crippen molar-refractivity contribution < 1.29 is 0 Å². The predicted octanol–water partition coefficient (Wildman–Crippen LogP) is 0.463. The molecule has 11 heavy (non-hydrogen) atoms. The molecule has 3 heteroatoms. The second kappa shape index (κ2) is 2.80. The van der Waals surface area contributed by atoms with Gasteiger partial charge in [0.15, 0.2) is 0 Å². The lowest BCUT2D eigenvalue weighted by atomic mass is 10.1. The van der Waals surface area contributed by atoms with Gasteiger partial charge >= 0.3 is 0 Å². The van der Waals surface area contributed by atoms with Crippen molar-refractivity contribution >= 4 is 5.57 Å². The molecule has 0 fully saturated rings. The van der Waals surface area contributed by atoms with Gasteiger partial charge < -0.3 is 5.32 Å². The van der Waals surface area contributed by atoms with E-state index in [9.17, 15) is 0 Å². The van der Waals surface area contributed by atoms with Crippen LogP contribution < -0.4 is 5.32 Å². The molecular weight excluding hydrogens is 138 g/mol. The topological polar surface area (TPSA) is 37.8 Å². The highest BCUT2D eigenvalue weighted by Crippen LogP contribution is 2.12. The Morgan fingerprint density at radius 1 is 1.27 bits per heavy atom. The fraction of sp³-hybridized carbons (Fsp3) is 0.250. The quantitative estimate of drug-likeness (QED) is 0.627. The fourth-order valence-corrected chi connectivity index (χ4v) is 1.16. The van der Waals surface area contributed by atoms with Gasteiger partial charge in [-0.05, 0) is 5.57 Å². The summed E-state index contributed by atoms with van der Waals surface area (Å²) in [4.78, 5) is 7.90. The number of nitrogens with zero attached hydrogens (tertiary/aromatic N) is 2.